The normalized spacial score (nSPS) is 16.8. The molecule has 1 unspecified atom stereocenters. The van der Waals surface area contributed by atoms with Crippen molar-refractivity contribution in [2.75, 3.05) is 6.54 Å². The minimum absolute atomic E-state index is 0.102. The third-order valence-corrected chi connectivity index (χ3v) is 3.79. The van der Waals surface area contributed by atoms with Crippen molar-refractivity contribution < 1.29 is 4.39 Å². The van der Waals surface area contributed by atoms with Crippen molar-refractivity contribution in [2.45, 2.75) is 52.0 Å². The summed E-state index contributed by atoms with van der Waals surface area (Å²) >= 11 is 0. The smallest absolute Gasteiger partial charge is 0.126 e. The lowest BCUT2D eigenvalue weighted by atomic mass is 9.98. The first-order chi connectivity index (χ1) is 8.70. The number of hydrogen-bond acceptors (Lipinski definition) is 1. The minimum atomic E-state index is -0.102. The van der Waals surface area contributed by atoms with Gasteiger partial charge < -0.3 is 5.32 Å². The van der Waals surface area contributed by atoms with Gasteiger partial charge in [-0.3, -0.25) is 0 Å². The summed E-state index contributed by atoms with van der Waals surface area (Å²) < 4.78 is 13.3. The van der Waals surface area contributed by atoms with Crippen LogP contribution in [0.2, 0.25) is 0 Å². The molecule has 1 aliphatic rings. The zero-order valence-corrected chi connectivity index (χ0v) is 11.5. The summed E-state index contributed by atoms with van der Waals surface area (Å²) in [6.07, 6.45) is 6.43. The van der Waals surface area contributed by atoms with E-state index in [0.717, 1.165) is 24.4 Å². The van der Waals surface area contributed by atoms with Crippen LogP contribution in [-0.2, 0) is 0 Å². The predicted molar refractivity (Wildman–Crippen MR) is 74.1 cm³/mol. The van der Waals surface area contributed by atoms with E-state index < -0.39 is 0 Å². The van der Waals surface area contributed by atoms with Crippen LogP contribution in [0.25, 0.3) is 0 Å². The molecule has 0 spiro atoms. The molecule has 1 aromatic rings. The van der Waals surface area contributed by atoms with E-state index in [-0.39, 0.29) is 5.82 Å². The van der Waals surface area contributed by atoms with Gasteiger partial charge >= 0.3 is 0 Å². The Labute approximate surface area is 110 Å². The Morgan fingerprint density at radius 2 is 2.17 bits per heavy atom. The molecule has 1 atom stereocenters. The van der Waals surface area contributed by atoms with Crippen LogP contribution >= 0.6 is 0 Å². The molecule has 2 heteroatoms. The van der Waals surface area contributed by atoms with Crippen LogP contribution in [0.1, 0.15) is 56.2 Å². The van der Waals surface area contributed by atoms with Gasteiger partial charge in [-0.2, -0.15) is 0 Å². The van der Waals surface area contributed by atoms with Crippen molar-refractivity contribution in [1.29, 1.82) is 0 Å². The monoisotopic (exact) mass is 249 g/mol. The molecule has 0 bridgehead atoms. The molecule has 0 aliphatic heterocycles. The van der Waals surface area contributed by atoms with Crippen molar-refractivity contribution in [3.05, 3.63) is 35.1 Å². The lowest BCUT2D eigenvalue weighted by molar-refractivity contribution is 0.469. The SMILES string of the molecule is CCCNC(CCC1CC1)c1ccc(F)c(C)c1. The first kappa shape index (κ1) is 13.5. The van der Waals surface area contributed by atoms with E-state index >= 15 is 0 Å². The topological polar surface area (TPSA) is 12.0 Å². The van der Waals surface area contributed by atoms with Gasteiger partial charge in [-0.05, 0) is 55.8 Å². The average Bonchev–Trinajstić information content (AvgIpc) is 3.17. The van der Waals surface area contributed by atoms with Crippen LogP contribution in [0.3, 0.4) is 0 Å². The van der Waals surface area contributed by atoms with Crippen molar-refractivity contribution in [3.8, 4) is 0 Å². The van der Waals surface area contributed by atoms with Crippen LogP contribution in [0.4, 0.5) is 4.39 Å². The third-order valence-electron chi connectivity index (χ3n) is 3.79. The standard InChI is InChI=1S/C16H24FN/c1-3-10-18-16(9-6-13-4-5-13)14-7-8-15(17)12(2)11-14/h7-8,11,13,16,18H,3-6,9-10H2,1-2H3. The largest absolute Gasteiger partial charge is 0.310 e. The molecule has 1 nitrogen and oxygen atoms in total. The lowest BCUT2D eigenvalue weighted by Crippen LogP contribution is -2.22. The van der Waals surface area contributed by atoms with Gasteiger partial charge in [0, 0.05) is 6.04 Å². The van der Waals surface area contributed by atoms with Gasteiger partial charge in [-0.1, -0.05) is 31.9 Å². The Kier molecular flexibility index (Phi) is 4.76. The molecule has 1 aromatic carbocycles. The van der Waals surface area contributed by atoms with Crippen LogP contribution in [-0.4, -0.2) is 6.54 Å². The van der Waals surface area contributed by atoms with Crippen molar-refractivity contribution >= 4 is 0 Å². The molecule has 0 radical (unpaired) electrons. The molecular formula is C16H24FN. The van der Waals surface area contributed by atoms with Crippen molar-refractivity contribution in [2.24, 2.45) is 5.92 Å². The summed E-state index contributed by atoms with van der Waals surface area (Å²) in [6, 6.07) is 5.92. The van der Waals surface area contributed by atoms with Gasteiger partial charge in [0.15, 0.2) is 0 Å². The zero-order chi connectivity index (χ0) is 13.0. The highest BCUT2D eigenvalue weighted by Crippen LogP contribution is 2.36. The van der Waals surface area contributed by atoms with Crippen LogP contribution in [0.5, 0.6) is 0 Å². The minimum Gasteiger partial charge on any atom is -0.310 e. The van der Waals surface area contributed by atoms with E-state index in [1.54, 1.807) is 6.07 Å². The lowest BCUT2D eigenvalue weighted by Gasteiger charge is -2.19. The Bertz CT molecular complexity index is 385. The average molecular weight is 249 g/mol. The molecule has 100 valence electrons. The highest BCUT2D eigenvalue weighted by atomic mass is 19.1. The number of halogens is 1. The van der Waals surface area contributed by atoms with E-state index in [1.165, 1.54) is 31.2 Å². The summed E-state index contributed by atoms with van der Waals surface area (Å²) in [6.45, 7) is 5.06. The van der Waals surface area contributed by atoms with E-state index in [1.807, 2.05) is 19.1 Å². The van der Waals surface area contributed by atoms with Gasteiger partial charge in [-0.15, -0.1) is 0 Å². The number of hydrogen-bond donors (Lipinski definition) is 1. The number of benzene rings is 1. The maximum absolute atomic E-state index is 13.3. The summed E-state index contributed by atoms with van der Waals surface area (Å²) in [4.78, 5) is 0. The fraction of sp³-hybridized carbons (Fsp3) is 0.625. The Balaban J connectivity index is 2.01. The molecule has 1 fully saturated rings. The van der Waals surface area contributed by atoms with Crippen LogP contribution in [0.15, 0.2) is 18.2 Å². The quantitative estimate of drug-likeness (QED) is 0.757. The van der Waals surface area contributed by atoms with E-state index in [9.17, 15) is 4.39 Å². The summed E-state index contributed by atoms with van der Waals surface area (Å²) in [7, 11) is 0. The number of rotatable bonds is 7. The van der Waals surface area contributed by atoms with Crippen molar-refractivity contribution in [3.63, 3.8) is 0 Å². The molecule has 0 heterocycles. The molecule has 1 N–H and O–H groups in total. The second-order valence-electron chi connectivity index (χ2n) is 5.54. The Morgan fingerprint density at radius 3 is 2.78 bits per heavy atom. The van der Waals surface area contributed by atoms with E-state index in [4.69, 9.17) is 0 Å². The fourth-order valence-corrected chi connectivity index (χ4v) is 2.40. The Morgan fingerprint density at radius 1 is 1.39 bits per heavy atom. The molecular weight excluding hydrogens is 225 g/mol. The molecule has 18 heavy (non-hydrogen) atoms. The summed E-state index contributed by atoms with van der Waals surface area (Å²) in [5.41, 5.74) is 1.99. The molecule has 1 saturated carbocycles. The maximum Gasteiger partial charge on any atom is 0.126 e. The maximum atomic E-state index is 13.3. The molecule has 0 aromatic heterocycles. The molecule has 1 aliphatic carbocycles. The molecule has 0 amide bonds. The summed E-state index contributed by atoms with van der Waals surface area (Å²) in [5, 5.41) is 3.59. The van der Waals surface area contributed by atoms with Gasteiger partial charge in [0.2, 0.25) is 0 Å². The van der Waals surface area contributed by atoms with Gasteiger partial charge in [0.1, 0.15) is 5.82 Å². The van der Waals surface area contributed by atoms with Crippen LogP contribution in [0, 0.1) is 18.7 Å². The van der Waals surface area contributed by atoms with E-state index in [0.29, 0.717) is 6.04 Å². The first-order valence-corrected chi connectivity index (χ1v) is 7.20. The zero-order valence-electron chi connectivity index (χ0n) is 11.5. The van der Waals surface area contributed by atoms with Gasteiger partial charge in [0.05, 0.1) is 0 Å². The summed E-state index contributed by atoms with van der Waals surface area (Å²) in [5.74, 6) is 0.854. The Hall–Kier alpha value is -0.890. The van der Waals surface area contributed by atoms with Gasteiger partial charge in [-0.25, -0.2) is 4.39 Å². The number of aryl methyl sites for hydroxylation is 1. The van der Waals surface area contributed by atoms with Crippen molar-refractivity contribution in [1.82, 2.24) is 5.32 Å². The predicted octanol–water partition coefficient (Wildman–Crippen LogP) is 4.37. The highest BCUT2D eigenvalue weighted by molar-refractivity contribution is 5.26. The highest BCUT2D eigenvalue weighted by Gasteiger charge is 2.23. The molecule has 0 saturated heterocycles. The molecule has 2 rings (SSSR count). The van der Waals surface area contributed by atoms with Gasteiger partial charge in [0.25, 0.3) is 0 Å². The van der Waals surface area contributed by atoms with E-state index in [2.05, 4.69) is 12.2 Å². The second kappa shape index (κ2) is 6.33. The second-order valence-corrected chi connectivity index (χ2v) is 5.54. The first-order valence-electron chi connectivity index (χ1n) is 7.20. The van der Waals surface area contributed by atoms with Crippen LogP contribution < -0.4 is 5.32 Å². The number of nitrogens with one attached hydrogen (secondary N) is 1. The fourth-order valence-electron chi connectivity index (χ4n) is 2.40. The third kappa shape index (κ3) is 3.81.